The number of aromatic amines is 1. The van der Waals surface area contributed by atoms with Crippen molar-refractivity contribution in [3.05, 3.63) is 46.2 Å². The number of hydrogen-bond acceptors (Lipinski definition) is 3. The van der Waals surface area contributed by atoms with Crippen molar-refractivity contribution >= 4 is 10.9 Å². The minimum atomic E-state index is -0.0850. The molecule has 1 heterocycles. The van der Waals surface area contributed by atoms with E-state index in [1.54, 1.807) is 0 Å². The fourth-order valence-electron chi connectivity index (χ4n) is 1.47. The van der Waals surface area contributed by atoms with Gasteiger partial charge in [0.2, 0.25) is 0 Å². The average Bonchev–Trinajstić information content (AvgIpc) is 2.26. The van der Waals surface area contributed by atoms with Crippen LogP contribution in [0.5, 0.6) is 0 Å². The minimum absolute atomic E-state index is 0.0850. The number of nitrogens with one attached hydrogen (secondary N) is 2. The molecule has 0 unspecified atom stereocenters. The van der Waals surface area contributed by atoms with Crippen molar-refractivity contribution in [1.82, 2.24) is 10.5 Å². The van der Waals surface area contributed by atoms with Crippen molar-refractivity contribution in [2.75, 3.05) is 7.11 Å². The van der Waals surface area contributed by atoms with Crippen LogP contribution in [0.2, 0.25) is 0 Å². The summed E-state index contributed by atoms with van der Waals surface area (Å²) in [5, 5.41) is 1.02. The number of benzene rings is 1. The van der Waals surface area contributed by atoms with Gasteiger partial charge in [0, 0.05) is 11.1 Å². The van der Waals surface area contributed by atoms with Gasteiger partial charge in [-0.3, -0.25) is 4.79 Å². The molecule has 0 bridgehead atoms. The molecular weight excluding hydrogens is 192 g/mol. The monoisotopic (exact) mass is 204 g/mol. The van der Waals surface area contributed by atoms with E-state index in [1.807, 2.05) is 30.3 Å². The molecule has 4 nitrogen and oxygen atoms in total. The second-order valence-corrected chi connectivity index (χ2v) is 3.24. The van der Waals surface area contributed by atoms with Crippen LogP contribution in [0, 0.1) is 0 Å². The van der Waals surface area contributed by atoms with Gasteiger partial charge in [0.05, 0.1) is 13.7 Å². The molecule has 0 atom stereocenters. The Balaban J connectivity index is 2.48. The van der Waals surface area contributed by atoms with Gasteiger partial charge in [0.1, 0.15) is 0 Å². The first-order valence-corrected chi connectivity index (χ1v) is 4.68. The molecule has 4 heteroatoms. The number of pyridine rings is 1. The summed E-state index contributed by atoms with van der Waals surface area (Å²) < 4.78 is 0. The number of fused-ring (bicyclic) bond motifs is 1. The van der Waals surface area contributed by atoms with E-state index >= 15 is 0 Å². The molecule has 78 valence electrons. The van der Waals surface area contributed by atoms with Crippen LogP contribution in [0.4, 0.5) is 0 Å². The van der Waals surface area contributed by atoms with Crippen molar-refractivity contribution < 1.29 is 4.84 Å². The molecule has 2 aromatic rings. The zero-order valence-electron chi connectivity index (χ0n) is 8.41. The Morgan fingerprint density at radius 3 is 3.00 bits per heavy atom. The van der Waals surface area contributed by atoms with Gasteiger partial charge >= 0.3 is 0 Å². The lowest BCUT2D eigenvalue weighted by molar-refractivity contribution is 0.0864. The highest BCUT2D eigenvalue weighted by molar-refractivity contribution is 5.78. The second-order valence-electron chi connectivity index (χ2n) is 3.24. The fraction of sp³-hybridized carbons (Fsp3) is 0.182. The summed E-state index contributed by atoms with van der Waals surface area (Å²) in [7, 11) is 1.52. The molecule has 2 N–H and O–H groups in total. The molecule has 0 saturated carbocycles. The van der Waals surface area contributed by atoms with Crippen LogP contribution in [0.15, 0.2) is 35.1 Å². The zero-order valence-corrected chi connectivity index (χ0v) is 8.41. The number of rotatable bonds is 3. The van der Waals surface area contributed by atoms with Crippen molar-refractivity contribution in [3.63, 3.8) is 0 Å². The Kier molecular flexibility index (Phi) is 2.80. The van der Waals surface area contributed by atoms with Crippen LogP contribution < -0.4 is 11.0 Å². The summed E-state index contributed by atoms with van der Waals surface area (Å²) >= 11 is 0. The van der Waals surface area contributed by atoms with Crippen LogP contribution in [-0.2, 0) is 11.4 Å². The molecule has 15 heavy (non-hydrogen) atoms. The Labute approximate surface area is 86.8 Å². The van der Waals surface area contributed by atoms with E-state index in [-0.39, 0.29) is 5.56 Å². The maximum Gasteiger partial charge on any atom is 0.253 e. The van der Waals surface area contributed by atoms with Crippen LogP contribution in [0.25, 0.3) is 10.9 Å². The van der Waals surface area contributed by atoms with Gasteiger partial charge in [-0.1, -0.05) is 18.2 Å². The number of H-pyrrole nitrogens is 1. The lowest BCUT2D eigenvalue weighted by atomic mass is 10.1. The molecule has 0 aliphatic carbocycles. The standard InChI is InChI=1S/C11H12N2O2/c1-15-12-7-9-6-8-4-2-3-5-10(8)13-11(9)14/h2-6,12H,7H2,1H3,(H,13,14). The van der Waals surface area contributed by atoms with Gasteiger partial charge in [-0.15, -0.1) is 0 Å². The first-order valence-electron chi connectivity index (χ1n) is 4.68. The molecule has 0 aliphatic heterocycles. The summed E-state index contributed by atoms with van der Waals surface area (Å²) in [6.07, 6.45) is 0. The first kappa shape index (κ1) is 9.89. The maximum absolute atomic E-state index is 11.6. The van der Waals surface area contributed by atoms with E-state index in [1.165, 1.54) is 7.11 Å². The van der Waals surface area contributed by atoms with Crippen LogP contribution in [-0.4, -0.2) is 12.1 Å². The van der Waals surface area contributed by atoms with E-state index in [9.17, 15) is 4.79 Å². The van der Waals surface area contributed by atoms with E-state index < -0.39 is 0 Å². The van der Waals surface area contributed by atoms with Gasteiger partial charge in [-0.05, 0) is 17.5 Å². The van der Waals surface area contributed by atoms with Crippen molar-refractivity contribution in [3.8, 4) is 0 Å². The van der Waals surface area contributed by atoms with Crippen molar-refractivity contribution in [2.24, 2.45) is 0 Å². The van der Waals surface area contributed by atoms with E-state index in [2.05, 4.69) is 10.5 Å². The largest absolute Gasteiger partial charge is 0.322 e. The lowest BCUT2D eigenvalue weighted by Crippen LogP contribution is -2.20. The molecule has 0 fully saturated rings. The summed E-state index contributed by atoms with van der Waals surface area (Å²) in [6.45, 7) is 0.399. The van der Waals surface area contributed by atoms with E-state index in [4.69, 9.17) is 4.84 Å². The molecular formula is C11H12N2O2. The smallest absolute Gasteiger partial charge is 0.253 e. The van der Waals surface area contributed by atoms with Crippen LogP contribution >= 0.6 is 0 Å². The predicted octanol–water partition coefficient (Wildman–Crippen LogP) is 1.18. The molecule has 0 aliphatic rings. The molecule has 0 spiro atoms. The number of para-hydroxylation sites is 1. The highest BCUT2D eigenvalue weighted by atomic mass is 16.6. The van der Waals surface area contributed by atoms with Gasteiger partial charge in [0.25, 0.3) is 5.56 Å². The lowest BCUT2D eigenvalue weighted by Gasteiger charge is -2.03. The van der Waals surface area contributed by atoms with Crippen LogP contribution in [0.3, 0.4) is 0 Å². The Hall–Kier alpha value is -1.65. The van der Waals surface area contributed by atoms with Crippen LogP contribution in [0.1, 0.15) is 5.56 Å². The summed E-state index contributed by atoms with van der Waals surface area (Å²) in [5.74, 6) is 0. The summed E-state index contributed by atoms with van der Waals surface area (Å²) in [5.41, 5.74) is 4.08. The van der Waals surface area contributed by atoms with Crippen molar-refractivity contribution in [1.29, 1.82) is 0 Å². The number of aromatic nitrogens is 1. The summed E-state index contributed by atoms with van der Waals surface area (Å²) in [4.78, 5) is 19.1. The Morgan fingerprint density at radius 2 is 2.20 bits per heavy atom. The van der Waals surface area contributed by atoms with Crippen molar-refractivity contribution in [2.45, 2.75) is 6.54 Å². The highest BCUT2D eigenvalue weighted by Crippen LogP contribution is 2.09. The van der Waals surface area contributed by atoms with Gasteiger partial charge in [-0.2, -0.15) is 5.48 Å². The molecule has 2 rings (SSSR count). The highest BCUT2D eigenvalue weighted by Gasteiger charge is 2.01. The molecule has 1 aromatic carbocycles. The molecule has 1 aromatic heterocycles. The minimum Gasteiger partial charge on any atom is -0.322 e. The van der Waals surface area contributed by atoms with E-state index in [0.29, 0.717) is 12.1 Å². The maximum atomic E-state index is 11.6. The summed E-state index contributed by atoms with van der Waals surface area (Å²) in [6, 6.07) is 9.53. The fourth-order valence-corrected chi connectivity index (χ4v) is 1.47. The predicted molar refractivity (Wildman–Crippen MR) is 58.4 cm³/mol. The Bertz CT molecular complexity index is 519. The zero-order chi connectivity index (χ0) is 10.7. The molecule has 0 saturated heterocycles. The molecule has 0 radical (unpaired) electrons. The third-order valence-corrected chi connectivity index (χ3v) is 2.24. The topological polar surface area (TPSA) is 54.1 Å². The van der Waals surface area contributed by atoms with Gasteiger partial charge < -0.3 is 9.82 Å². The van der Waals surface area contributed by atoms with E-state index in [0.717, 1.165) is 10.9 Å². The first-order chi connectivity index (χ1) is 7.31. The Morgan fingerprint density at radius 1 is 1.40 bits per heavy atom. The average molecular weight is 204 g/mol. The van der Waals surface area contributed by atoms with Gasteiger partial charge in [-0.25, -0.2) is 0 Å². The third kappa shape index (κ3) is 2.06. The SMILES string of the molecule is CONCc1cc2ccccc2[nH]c1=O. The van der Waals surface area contributed by atoms with Gasteiger partial charge in [0.15, 0.2) is 0 Å². The molecule has 0 amide bonds. The number of hydrogen-bond donors (Lipinski definition) is 2. The normalized spacial score (nSPS) is 10.7. The third-order valence-electron chi connectivity index (χ3n) is 2.24. The second kappa shape index (κ2) is 4.25. The number of hydroxylamine groups is 1. The quantitative estimate of drug-likeness (QED) is 0.738.